The summed E-state index contributed by atoms with van der Waals surface area (Å²) >= 11 is 0. The number of benzene rings is 1. The van der Waals surface area contributed by atoms with Crippen molar-refractivity contribution in [3.05, 3.63) is 57.9 Å². The Hall–Kier alpha value is -2.57. The summed E-state index contributed by atoms with van der Waals surface area (Å²) in [6.07, 6.45) is 0.344. The predicted molar refractivity (Wildman–Crippen MR) is 118 cm³/mol. The lowest BCUT2D eigenvalue weighted by atomic mass is 9.68. The summed E-state index contributed by atoms with van der Waals surface area (Å²) in [6, 6.07) is 5.22. The van der Waals surface area contributed by atoms with Gasteiger partial charge in [-0.1, -0.05) is 38.5 Å². The predicted octanol–water partition coefficient (Wildman–Crippen LogP) is 6.19. The standard InChI is InChI=1S/C26H30F3NO3/c1-15-21(24(32)33-16-9-5-4-6-10-16)22(17-11-7-8-12-18(17)26(27,28)29)23-19(30-15)13-25(2,3)14-20(23)31/h7-8,11-12,16,22,30H,4-6,9-10,13-14H2,1-3H3/t22-/m0/s1. The lowest BCUT2D eigenvalue weighted by Crippen LogP contribution is -2.39. The molecule has 4 nitrogen and oxygen atoms in total. The third-order valence-corrected chi connectivity index (χ3v) is 6.86. The second kappa shape index (κ2) is 8.65. The van der Waals surface area contributed by atoms with Gasteiger partial charge >= 0.3 is 12.1 Å². The van der Waals surface area contributed by atoms with Gasteiger partial charge in [-0.3, -0.25) is 4.79 Å². The lowest BCUT2D eigenvalue weighted by Gasteiger charge is -2.40. The van der Waals surface area contributed by atoms with Crippen LogP contribution in [0.3, 0.4) is 0 Å². The maximum absolute atomic E-state index is 14.0. The van der Waals surface area contributed by atoms with E-state index in [4.69, 9.17) is 4.74 Å². The van der Waals surface area contributed by atoms with Crippen LogP contribution in [0, 0.1) is 5.41 Å². The van der Waals surface area contributed by atoms with Crippen LogP contribution in [-0.4, -0.2) is 17.9 Å². The van der Waals surface area contributed by atoms with Crippen molar-refractivity contribution in [2.45, 2.75) is 83.9 Å². The smallest absolute Gasteiger partial charge is 0.416 e. The van der Waals surface area contributed by atoms with Crippen molar-refractivity contribution in [2.24, 2.45) is 5.41 Å². The normalized spacial score (nSPS) is 23.8. The molecule has 1 saturated carbocycles. The fourth-order valence-electron chi connectivity index (χ4n) is 5.42. The Morgan fingerprint density at radius 2 is 1.76 bits per heavy atom. The highest BCUT2D eigenvalue weighted by Crippen LogP contribution is 2.49. The first-order valence-corrected chi connectivity index (χ1v) is 11.6. The van der Waals surface area contributed by atoms with E-state index in [2.05, 4.69) is 5.32 Å². The summed E-state index contributed by atoms with van der Waals surface area (Å²) in [5.74, 6) is -1.98. The van der Waals surface area contributed by atoms with Crippen molar-refractivity contribution < 1.29 is 27.5 Å². The first kappa shape index (κ1) is 23.6. The second-order valence-electron chi connectivity index (χ2n) is 10.2. The average molecular weight is 462 g/mol. The average Bonchev–Trinajstić information content (AvgIpc) is 2.71. The third-order valence-electron chi connectivity index (χ3n) is 6.86. The lowest BCUT2D eigenvalue weighted by molar-refractivity contribution is -0.146. The van der Waals surface area contributed by atoms with Gasteiger partial charge in [-0.05, 0) is 56.1 Å². The zero-order valence-corrected chi connectivity index (χ0v) is 19.3. The molecule has 33 heavy (non-hydrogen) atoms. The number of hydrogen-bond acceptors (Lipinski definition) is 4. The maximum Gasteiger partial charge on any atom is 0.416 e. The summed E-state index contributed by atoms with van der Waals surface area (Å²) < 4.78 is 47.8. The first-order valence-electron chi connectivity index (χ1n) is 11.6. The van der Waals surface area contributed by atoms with Gasteiger partial charge in [-0.25, -0.2) is 4.79 Å². The van der Waals surface area contributed by atoms with Crippen LogP contribution < -0.4 is 5.32 Å². The number of rotatable bonds is 3. The number of halogens is 3. The van der Waals surface area contributed by atoms with Crippen LogP contribution in [0.25, 0.3) is 0 Å². The summed E-state index contributed by atoms with van der Waals surface area (Å²) in [6.45, 7) is 5.60. The minimum atomic E-state index is -4.62. The molecule has 1 heterocycles. The van der Waals surface area contributed by atoms with E-state index in [1.54, 1.807) is 6.92 Å². The topological polar surface area (TPSA) is 55.4 Å². The van der Waals surface area contributed by atoms with Crippen LogP contribution in [0.5, 0.6) is 0 Å². The van der Waals surface area contributed by atoms with E-state index in [0.717, 1.165) is 38.2 Å². The minimum Gasteiger partial charge on any atom is -0.459 e. The molecule has 0 unspecified atom stereocenters. The van der Waals surface area contributed by atoms with Crippen molar-refractivity contribution in [3.8, 4) is 0 Å². The zero-order valence-electron chi connectivity index (χ0n) is 19.3. The molecule has 0 aromatic heterocycles. The van der Waals surface area contributed by atoms with Gasteiger partial charge in [0.1, 0.15) is 6.10 Å². The number of hydrogen-bond donors (Lipinski definition) is 1. The number of ether oxygens (including phenoxy) is 1. The Morgan fingerprint density at radius 1 is 1.09 bits per heavy atom. The number of nitrogens with one attached hydrogen (secondary N) is 1. The quantitative estimate of drug-likeness (QED) is 0.546. The van der Waals surface area contributed by atoms with Crippen LogP contribution in [0.4, 0.5) is 13.2 Å². The van der Waals surface area contributed by atoms with Gasteiger partial charge < -0.3 is 10.1 Å². The van der Waals surface area contributed by atoms with E-state index in [9.17, 15) is 22.8 Å². The molecule has 0 bridgehead atoms. The van der Waals surface area contributed by atoms with E-state index in [1.807, 2.05) is 13.8 Å². The number of carbonyl (C=O) groups excluding carboxylic acids is 2. The molecule has 7 heteroatoms. The molecular formula is C26H30F3NO3. The maximum atomic E-state index is 14.0. The molecule has 1 aliphatic heterocycles. The van der Waals surface area contributed by atoms with E-state index in [0.29, 0.717) is 17.8 Å². The Balaban J connectivity index is 1.84. The van der Waals surface area contributed by atoms with Crippen LogP contribution in [0.15, 0.2) is 46.8 Å². The van der Waals surface area contributed by atoms with E-state index in [-0.39, 0.29) is 40.4 Å². The second-order valence-corrected chi connectivity index (χ2v) is 10.2. The van der Waals surface area contributed by atoms with Crippen molar-refractivity contribution >= 4 is 11.8 Å². The molecule has 1 aromatic carbocycles. The van der Waals surface area contributed by atoms with Gasteiger partial charge in [0.15, 0.2) is 5.78 Å². The van der Waals surface area contributed by atoms with Gasteiger partial charge in [-0.2, -0.15) is 13.2 Å². The summed E-state index contributed by atoms with van der Waals surface area (Å²) in [5.41, 5.74) is 0.166. The number of ketones is 1. The molecule has 1 N–H and O–H groups in total. The molecule has 1 atom stereocenters. The fourth-order valence-corrected chi connectivity index (χ4v) is 5.42. The summed E-state index contributed by atoms with van der Waals surface area (Å²) in [7, 11) is 0. The molecule has 1 fully saturated rings. The van der Waals surface area contributed by atoms with Crippen molar-refractivity contribution in [2.75, 3.05) is 0 Å². The Kier molecular flexibility index (Phi) is 6.18. The van der Waals surface area contributed by atoms with Crippen LogP contribution in [-0.2, 0) is 20.5 Å². The number of allylic oxidation sites excluding steroid dienone is 3. The van der Waals surface area contributed by atoms with E-state index < -0.39 is 23.6 Å². The Labute approximate surface area is 192 Å². The highest BCUT2D eigenvalue weighted by atomic mass is 19.4. The molecule has 3 aliphatic rings. The van der Waals surface area contributed by atoms with Crippen molar-refractivity contribution in [3.63, 3.8) is 0 Å². The molecule has 0 saturated heterocycles. The van der Waals surface area contributed by atoms with E-state index >= 15 is 0 Å². The van der Waals surface area contributed by atoms with Gasteiger partial charge in [0, 0.05) is 29.3 Å². The summed E-state index contributed by atoms with van der Waals surface area (Å²) in [5, 5.41) is 3.19. The van der Waals surface area contributed by atoms with E-state index in [1.165, 1.54) is 18.2 Å². The number of Topliss-reactive ketones (excluding diaryl/α,β-unsaturated/α-hetero) is 1. The SMILES string of the molecule is CC1=C(C(=O)OC2CCCCC2)[C@H](c2ccccc2C(F)(F)F)C2=C(CC(C)(C)CC2=O)N1. The highest BCUT2D eigenvalue weighted by molar-refractivity contribution is 6.04. The van der Waals surface area contributed by atoms with Gasteiger partial charge in [0.25, 0.3) is 0 Å². The molecule has 2 aliphatic carbocycles. The number of alkyl halides is 3. The van der Waals surface area contributed by atoms with Gasteiger partial charge in [-0.15, -0.1) is 0 Å². The minimum absolute atomic E-state index is 0.0815. The molecule has 4 rings (SSSR count). The monoisotopic (exact) mass is 461 g/mol. The largest absolute Gasteiger partial charge is 0.459 e. The molecule has 0 spiro atoms. The van der Waals surface area contributed by atoms with Crippen LogP contribution in [0.2, 0.25) is 0 Å². The fraction of sp³-hybridized carbons (Fsp3) is 0.538. The molecule has 0 amide bonds. The third kappa shape index (κ3) is 4.73. The number of esters is 1. The molecule has 178 valence electrons. The number of dihydropyridines is 1. The van der Waals surface area contributed by atoms with Crippen molar-refractivity contribution in [1.82, 2.24) is 5.32 Å². The Bertz CT molecular complexity index is 1030. The van der Waals surface area contributed by atoms with Crippen LogP contribution in [0.1, 0.15) is 82.8 Å². The summed E-state index contributed by atoms with van der Waals surface area (Å²) in [4.78, 5) is 26.7. The van der Waals surface area contributed by atoms with Crippen LogP contribution >= 0.6 is 0 Å². The van der Waals surface area contributed by atoms with Gasteiger partial charge in [0.05, 0.1) is 11.1 Å². The molecular weight excluding hydrogens is 431 g/mol. The van der Waals surface area contributed by atoms with Crippen molar-refractivity contribution in [1.29, 1.82) is 0 Å². The molecule has 0 radical (unpaired) electrons. The van der Waals surface area contributed by atoms with Gasteiger partial charge in [0.2, 0.25) is 0 Å². The highest BCUT2D eigenvalue weighted by Gasteiger charge is 2.46. The first-order chi connectivity index (χ1) is 15.5. The molecule has 1 aromatic rings. The number of carbonyl (C=O) groups is 2. The Morgan fingerprint density at radius 3 is 2.42 bits per heavy atom. The zero-order chi connectivity index (χ0) is 24.0.